The molecule has 4 heteroatoms. The standard InChI is InChI=1S/C12H16FNO2/c1-12(2,8-14-11(16)7-15)9-5-3-4-6-10(9)13/h3-6,15H,7-8H2,1-2H3,(H,14,16). The van der Waals surface area contributed by atoms with E-state index in [0.29, 0.717) is 5.56 Å². The molecule has 0 aliphatic carbocycles. The number of amides is 1. The van der Waals surface area contributed by atoms with Crippen molar-refractivity contribution in [2.75, 3.05) is 13.2 Å². The number of halogens is 1. The average molecular weight is 225 g/mol. The Morgan fingerprint density at radius 3 is 2.62 bits per heavy atom. The topological polar surface area (TPSA) is 49.3 Å². The Morgan fingerprint density at radius 1 is 1.44 bits per heavy atom. The molecule has 88 valence electrons. The number of carbonyl (C=O) groups excluding carboxylic acids is 1. The molecule has 0 atom stereocenters. The lowest BCUT2D eigenvalue weighted by Gasteiger charge is -2.25. The molecular weight excluding hydrogens is 209 g/mol. The molecule has 1 aromatic carbocycles. The van der Waals surface area contributed by atoms with E-state index in [9.17, 15) is 9.18 Å². The first kappa shape index (κ1) is 12.6. The Morgan fingerprint density at radius 2 is 2.06 bits per heavy atom. The third-order valence-corrected chi connectivity index (χ3v) is 2.47. The fourth-order valence-electron chi connectivity index (χ4n) is 1.48. The first-order chi connectivity index (χ1) is 7.47. The van der Waals surface area contributed by atoms with Crippen molar-refractivity contribution in [1.82, 2.24) is 5.32 Å². The van der Waals surface area contributed by atoms with Gasteiger partial charge in [0.15, 0.2) is 0 Å². The Balaban J connectivity index is 2.77. The predicted octanol–water partition coefficient (Wildman–Crippen LogP) is 1.21. The number of carbonyl (C=O) groups is 1. The van der Waals surface area contributed by atoms with Crippen LogP contribution in [0.4, 0.5) is 4.39 Å². The zero-order chi connectivity index (χ0) is 12.2. The van der Waals surface area contributed by atoms with Crippen LogP contribution in [-0.2, 0) is 10.2 Å². The van der Waals surface area contributed by atoms with Crippen molar-refractivity contribution in [3.8, 4) is 0 Å². The Kier molecular flexibility index (Phi) is 4.01. The molecule has 0 aliphatic heterocycles. The van der Waals surface area contributed by atoms with Gasteiger partial charge in [0.1, 0.15) is 12.4 Å². The highest BCUT2D eigenvalue weighted by molar-refractivity contribution is 5.76. The van der Waals surface area contributed by atoms with Crippen molar-refractivity contribution < 1.29 is 14.3 Å². The van der Waals surface area contributed by atoms with Gasteiger partial charge >= 0.3 is 0 Å². The molecule has 16 heavy (non-hydrogen) atoms. The van der Waals surface area contributed by atoms with Gasteiger partial charge in [-0.2, -0.15) is 0 Å². The van der Waals surface area contributed by atoms with E-state index in [-0.39, 0.29) is 12.4 Å². The van der Waals surface area contributed by atoms with Crippen molar-refractivity contribution in [1.29, 1.82) is 0 Å². The molecule has 0 radical (unpaired) electrons. The molecule has 0 fully saturated rings. The summed E-state index contributed by atoms with van der Waals surface area (Å²) in [5.41, 5.74) is 0.0455. The highest BCUT2D eigenvalue weighted by atomic mass is 19.1. The number of hydrogen-bond acceptors (Lipinski definition) is 2. The molecule has 1 aromatic rings. The van der Waals surface area contributed by atoms with Crippen LogP contribution < -0.4 is 5.32 Å². The zero-order valence-corrected chi connectivity index (χ0v) is 9.46. The summed E-state index contributed by atoms with van der Waals surface area (Å²) in [6.45, 7) is 3.41. The number of hydrogen-bond donors (Lipinski definition) is 2. The molecule has 0 heterocycles. The Bertz CT molecular complexity index is 377. The van der Waals surface area contributed by atoms with E-state index in [1.54, 1.807) is 18.2 Å². The molecule has 3 nitrogen and oxygen atoms in total. The van der Waals surface area contributed by atoms with Gasteiger partial charge < -0.3 is 10.4 Å². The number of rotatable bonds is 4. The molecule has 0 saturated heterocycles. The van der Waals surface area contributed by atoms with E-state index in [0.717, 1.165) is 0 Å². The second-order valence-electron chi connectivity index (χ2n) is 4.30. The van der Waals surface area contributed by atoms with Gasteiger partial charge in [0.25, 0.3) is 0 Å². The molecule has 2 N–H and O–H groups in total. The van der Waals surface area contributed by atoms with Gasteiger partial charge in [0.2, 0.25) is 5.91 Å². The molecule has 1 amide bonds. The molecule has 0 spiro atoms. The lowest BCUT2D eigenvalue weighted by Crippen LogP contribution is -2.38. The first-order valence-electron chi connectivity index (χ1n) is 5.10. The van der Waals surface area contributed by atoms with Gasteiger partial charge in [-0.05, 0) is 11.6 Å². The summed E-state index contributed by atoms with van der Waals surface area (Å²) in [5, 5.41) is 11.1. The van der Waals surface area contributed by atoms with Crippen LogP contribution in [0.1, 0.15) is 19.4 Å². The summed E-state index contributed by atoms with van der Waals surface area (Å²) >= 11 is 0. The van der Waals surface area contributed by atoms with E-state index < -0.39 is 17.9 Å². The highest BCUT2D eigenvalue weighted by Gasteiger charge is 2.24. The lowest BCUT2D eigenvalue weighted by atomic mass is 9.84. The smallest absolute Gasteiger partial charge is 0.245 e. The molecule has 0 unspecified atom stereocenters. The van der Waals surface area contributed by atoms with Gasteiger partial charge in [0, 0.05) is 12.0 Å². The van der Waals surface area contributed by atoms with Gasteiger partial charge in [-0.15, -0.1) is 0 Å². The van der Waals surface area contributed by atoms with E-state index in [4.69, 9.17) is 5.11 Å². The Hall–Kier alpha value is -1.42. The fourth-order valence-corrected chi connectivity index (χ4v) is 1.48. The normalized spacial score (nSPS) is 11.2. The largest absolute Gasteiger partial charge is 0.387 e. The second-order valence-corrected chi connectivity index (χ2v) is 4.30. The van der Waals surface area contributed by atoms with E-state index in [1.165, 1.54) is 6.07 Å². The minimum Gasteiger partial charge on any atom is -0.387 e. The van der Waals surface area contributed by atoms with Crippen molar-refractivity contribution in [2.45, 2.75) is 19.3 Å². The van der Waals surface area contributed by atoms with Crippen LogP contribution in [0.25, 0.3) is 0 Å². The van der Waals surface area contributed by atoms with Crippen LogP contribution >= 0.6 is 0 Å². The summed E-state index contributed by atoms with van der Waals surface area (Å²) < 4.78 is 13.5. The molecular formula is C12H16FNO2. The zero-order valence-electron chi connectivity index (χ0n) is 9.46. The van der Waals surface area contributed by atoms with Crippen LogP contribution in [0.3, 0.4) is 0 Å². The average Bonchev–Trinajstić information content (AvgIpc) is 2.26. The molecule has 0 aromatic heterocycles. The van der Waals surface area contributed by atoms with Gasteiger partial charge in [-0.1, -0.05) is 32.0 Å². The number of nitrogens with one attached hydrogen (secondary N) is 1. The van der Waals surface area contributed by atoms with Crippen LogP contribution in [0, 0.1) is 5.82 Å². The minimum absolute atomic E-state index is 0.285. The molecule has 0 saturated carbocycles. The third-order valence-electron chi connectivity index (χ3n) is 2.47. The van der Waals surface area contributed by atoms with Crippen molar-refractivity contribution >= 4 is 5.91 Å². The number of aliphatic hydroxyl groups is 1. The molecule has 0 bridgehead atoms. The maximum Gasteiger partial charge on any atom is 0.245 e. The maximum atomic E-state index is 13.5. The second kappa shape index (κ2) is 5.07. The number of benzene rings is 1. The van der Waals surface area contributed by atoms with Crippen molar-refractivity contribution in [3.63, 3.8) is 0 Å². The summed E-state index contributed by atoms with van der Waals surface area (Å²) in [6, 6.07) is 6.47. The maximum absolute atomic E-state index is 13.5. The van der Waals surface area contributed by atoms with E-state index in [1.807, 2.05) is 13.8 Å². The highest BCUT2D eigenvalue weighted by Crippen LogP contribution is 2.24. The number of aliphatic hydroxyl groups excluding tert-OH is 1. The van der Waals surface area contributed by atoms with Crippen LogP contribution in [-0.4, -0.2) is 24.2 Å². The van der Waals surface area contributed by atoms with Crippen LogP contribution in [0.5, 0.6) is 0 Å². The van der Waals surface area contributed by atoms with Crippen molar-refractivity contribution in [3.05, 3.63) is 35.6 Å². The van der Waals surface area contributed by atoms with Gasteiger partial charge in [-0.25, -0.2) is 4.39 Å². The fraction of sp³-hybridized carbons (Fsp3) is 0.417. The predicted molar refractivity (Wildman–Crippen MR) is 59.5 cm³/mol. The third kappa shape index (κ3) is 3.03. The monoisotopic (exact) mass is 225 g/mol. The van der Waals surface area contributed by atoms with Gasteiger partial charge in [0.05, 0.1) is 0 Å². The van der Waals surface area contributed by atoms with Crippen LogP contribution in [0.15, 0.2) is 24.3 Å². The Labute approximate surface area is 94.3 Å². The van der Waals surface area contributed by atoms with E-state index in [2.05, 4.69) is 5.32 Å². The minimum atomic E-state index is -0.548. The summed E-state index contributed by atoms with van der Waals surface area (Å²) in [4.78, 5) is 10.9. The van der Waals surface area contributed by atoms with Crippen LogP contribution in [0.2, 0.25) is 0 Å². The molecule has 0 aliphatic rings. The summed E-state index contributed by atoms with van der Waals surface area (Å²) in [6.07, 6.45) is 0. The summed E-state index contributed by atoms with van der Waals surface area (Å²) in [5.74, 6) is -0.741. The lowest BCUT2D eigenvalue weighted by molar-refractivity contribution is -0.124. The SMILES string of the molecule is CC(C)(CNC(=O)CO)c1ccccc1F. The first-order valence-corrected chi connectivity index (χ1v) is 5.10. The molecule has 1 rings (SSSR count). The summed E-state index contributed by atoms with van der Waals surface area (Å²) in [7, 11) is 0. The van der Waals surface area contributed by atoms with E-state index >= 15 is 0 Å². The van der Waals surface area contributed by atoms with Crippen molar-refractivity contribution in [2.24, 2.45) is 0 Å². The van der Waals surface area contributed by atoms with Gasteiger partial charge in [-0.3, -0.25) is 4.79 Å². The quantitative estimate of drug-likeness (QED) is 0.809.